The average molecular weight is 323 g/mol. The zero-order valence-electron chi connectivity index (χ0n) is 13.0. The van der Waals surface area contributed by atoms with Crippen LogP contribution in [-0.2, 0) is 23.7 Å². The molecule has 2 heterocycles. The van der Waals surface area contributed by atoms with Crippen LogP contribution in [0.1, 0.15) is 18.8 Å². The first kappa shape index (κ1) is 16.4. The molecule has 0 bridgehead atoms. The van der Waals surface area contributed by atoms with Gasteiger partial charge in [0, 0.05) is 19.6 Å². The maximum Gasteiger partial charge on any atom is 0.217 e. The van der Waals surface area contributed by atoms with Crippen molar-refractivity contribution in [2.45, 2.75) is 43.9 Å². The van der Waals surface area contributed by atoms with Crippen LogP contribution in [-0.4, -0.2) is 55.4 Å². The van der Waals surface area contributed by atoms with Gasteiger partial charge in [0.2, 0.25) is 5.91 Å². The van der Waals surface area contributed by atoms with Crippen LogP contribution in [0.4, 0.5) is 0 Å². The van der Waals surface area contributed by atoms with Gasteiger partial charge in [-0.3, -0.25) is 4.79 Å². The molecule has 0 aliphatic carbocycles. The second-order valence-corrected chi connectivity index (χ2v) is 5.67. The summed E-state index contributed by atoms with van der Waals surface area (Å²) in [7, 11) is 1.44. The third-order valence-electron chi connectivity index (χ3n) is 4.04. The van der Waals surface area contributed by atoms with Crippen LogP contribution in [0.5, 0.6) is 0 Å². The molecular formula is C16H21NO6. The Balaban J connectivity index is 1.80. The fourth-order valence-corrected chi connectivity index (χ4v) is 2.98. The predicted molar refractivity (Wildman–Crippen MR) is 79.3 cm³/mol. The van der Waals surface area contributed by atoms with Crippen molar-refractivity contribution in [1.29, 1.82) is 0 Å². The number of hydrogen-bond donors (Lipinski definition) is 2. The molecule has 126 valence electrons. The number of fused-ring (bicyclic) bond motifs is 1. The number of ether oxygens (including phenoxy) is 4. The lowest BCUT2D eigenvalue weighted by Gasteiger charge is -2.47. The molecule has 1 amide bonds. The van der Waals surface area contributed by atoms with Crippen LogP contribution in [0.15, 0.2) is 30.3 Å². The van der Waals surface area contributed by atoms with Gasteiger partial charge in [-0.2, -0.15) is 0 Å². The zero-order valence-corrected chi connectivity index (χ0v) is 13.0. The molecule has 2 aliphatic heterocycles. The highest BCUT2D eigenvalue weighted by Crippen LogP contribution is 2.34. The summed E-state index contributed by atoms with van der Waals surface area (Å²) in [6.45, 7) is 1.68. The molecule has 0 saturated carbocycles. The second kappa shape index (κ2) is 6.94. The van der Waals surface area contributed by atoms with Crippen molar-refractivity contribution in [3.8, 4) is 0 Å². The van der Waals surface area contributed by atoms with Gasteiger partial charge in [0.05, 0.1) is 12.6 Å². The third kappa shape index (κ3) is 3.39. The Morgan fingerprint density at radius 2 is 2.04 bits per heavy atom. The maximum atomic E-state index is 11.5. The maximum absolute atomic E-state index is 11.5. The van der Waals surface area contributed by atoms with Gasteiger partial charge in [0.15, 0.2) is 12.6 Å². The number of nitrogens with one attached hydrogen (secondary N) is 1. The summed E-state index contributed by atoms with van der Waals surface area (Å²) >= 11 is 0. The molecule has 3 rings (SSSR count). The molecule has 2 aliphatic rings. The number of aliphatic hydroxyl groups is 1. The van der Waals surface area contributed by atoms with Crippen LogP contribution in [0, 0.1) is 0 Å². The van der Waals surface area contributed by atoms with E-state index in [9.17, 15) is 9.90 Å². The van der Waals surface area contributed by atoms with Crippen molar-refractivity contribution in [2.75, 3.05) is 13.7 Å². The summed E-state index contributed by atoms with van der Waals surface area (Å²) in [4.78, 5) is 11.5. The number of rotatable bonds is 3. The van der Waals surface area contributed by atoms with Gasteiger partial charge in [-0.15, -0.1) is 0 Å². The summed E-state index contributed by atoms with van der Waals surface area (Å²) in [5, 5.41) is 13.1. The molecule has 0 aromatic heterocycles. The minimum Gasteiger partial charge on any atom is -0.386 e. The van der Waals surface area contributed by atoms with Crippen molar-refractivity contribution in [3.05, 3.63) is 35.9 Å². The Labute approximate surface area is 134 Å². The van der Waals surface area contributed by atoms with E-state index >= 15 is 0 Å². The van der Waals surface area contributed by atoms with Gasteiger partial charge in [0.1, 0.15) is 18.3 Å². The minimum absolute atomic E-state index is 0.254. The number of hydrogen-bond acceptors (Lipinski definition) is 6. The van der Waals surface area contributed by atoms with E-state index in [1.807, 2.05) is 30.3 Å². The highest BCUT2D eigenvalue weighted by Gasteiger charge is 2.49. The number of carbonyl (C=O) groups is 1. The Kier molecular flexibility index (Phi) is 4.93. The average Bonchev–Trinajstić information content (AvgIpc) is 2.57. The van der Waals surface area contributed by atoms with Gasteiger partial charge in [0.25, 0.3) is 0 Å². The molecule has 1 aromatic rings. The van der Waals surface area contributed by atoms with Crippen LogP contribution in [0.3, 0.4) is 0 Å². The van der Waals surface area contributed by atoms with Crippen molar-refractivity contribution in [2.24, 2.45) is 0 Å². The molecule has 1 aromatic carbocycles. The molecule has 2 N–H and O–H groups in total. The van der Waals surface area contributed by atoms with Crippen LogP contribution < -0.4 is 5.32 Å². The molecule has 2 saturated heterocycles. The molecule has 0 radical (unpaired) electrons. The SMILES string of the molecule is CO[C@@H]1O[C@H]2CO[C@@H](c3ccccc3)O[C@@H]2[C@@H](NC(C)=O)[C@H]1O. The van der Waals surface area contributed by atoms with Crippen molar-refractivity contribution >= 4 is 5.91 Å². The smallest absolute Gasteiger partial charge is 0.217 e. The van der Waals surface area contributed by atoms with Gasteiger partial charge >= 0.3 is 0 Å². The number of methoxy groups -OCH3 is 1. The Morgan fingerprint density at radius 3 is 2.70 bits per heavy atom. The summed E-state index contributed by atoms with van der Waals surface area (Å²) < 4.78 is 22.5. The van der Waals surface area contributed by atoms with E-state index in [1.165, 1.54) is 14.0 Å². The Bertz CT molecular complexity index is 539. The molecule has 23 heavy (non-hydrogen) atoms. The number of carbonyl (C=O) groups excluding carboxylic acids is 1. The van der Waals surface area contributed by atoms with E-state index in [-0.39, 0.29) is 12.5 Å². The summed E-state index contributed by atoms with van der Waals surface area (Å²) in [6.07, 6.45) is -3.39. The first-order valence-corrected chi connectivity index (χ1v) is 7.55. The Morgan fingerprint density at radius 1 is 1.30 bits per heavy atom. The van der Waals surface area contributed by atoms with E-state index in [2.05, 4.69) is 5.32 Å². The van der Waals surface area contributed by atoms with Crippen LogP contribution in [0.2, 0.25) is 0 Å². The number of amides is 1. The minimum atomic E-state index is -1.03. The Hall–Kier alpha value is -1.51. The highest BCUT2D eigenvalue weighted by molar-refractivity contribution is 5.73. The monoisotopic (exact) mass is 323 g/mol. The van der Waals surface area contributed by atoms with Gasteiger partial charge in [-0.05, 0) is 0 Å². The summed E-state index contributed by atoms with van der Waals surface area (Å²) in [5.41, 5.74) is 0.871. The highest BCUT2D eigenvalue weighted by atomic mass is 16.7. The van der Waals surface area contributed by atoms with Crippen molar-refractivity contribution in [3.63, 3.8) is 0 Å². The van der Waals surface area contributed by atoms with Crippen molar-refractivity contribution in [1.82, 2.24) is 5.32 Å². The first-order chi connectivity index (χ1) is 11.1. The van der Waals surface area contributed by atoms with E-state index in [0.29, 0.717) is 0 Å². The lowest BCUT2D eigenvalue weighted by molar-refractivity contribution is -0.340. The van der Waals surface area contributed by atoms with Gasteiger partial charge < -0.3 is 29.4 Å². The predicted octanol–water partition coefficient (Wildman–Crippen LogP) is 0.337. The zero-order chi connectivity index (χ0) is 16.4. The lowest BCUT2D eigenvalue weighted by Crippen LogP contribution is -2.67. The van der Waals surface area contributed by atoms with E-state index in [1.54, 1.807) is 0 Å². The fraction of sp³-hybridized carbons (Fsp3) is 0.562. The molecular weight excluding hydrogens is 302 g/mol. The second-order valence-electron chi connectivity index (χ2n) is 5.67. The summed E-state index contributed by atoms with van der Waals surface area (Å²) in [5.74, 6) is -0.254. The number of benzene rings is 1. The molecule has 7 heteroatoms. The van der Waals surface area contributed by atoms with Crippen molar-refractivity contribution < 1.29 is 28.8 Å². The molecule has 0 unspecified atom stereocenters. The largest absolute Gasteiger partial charge is 0.386 e. The summed E-state index contributed by atoms with van der Waals surface area (Å²) in [6, 6.07) is 8.87. The number of aliphatic hydroxyl groups excluding tert-OH is 1. The molecule has 6 atom stereocenters. The van der Waals surface area contributed by atoms with Gasteiger partial charge in [-0.25, -0.2) is 0 Å². The van der Waals surface area contributed by atoms with E-state index in [0.717, 1.165) is 5.56 Å². The first-order valence-electron chi connectivity index (χ1n) is 7.55. The third-order valence-corrected chi connectivity index (χ3v) is 4.04. The van der Waals surface area contributed by atoms with E-state index in [4.69, 9.17) is 18.9 Å². The van der Waals surface area contributed by atoms with Crippen LogP contribution >= 0.6 is 0 Å². The molecule has 0 spiro atoms. The topological polar surface area (TPSA) is 86.3 Å². The quantitative estimate of drug-likeness (QED) is 0.834. The fourth-order valence-electron chi connectivity index (χ4n) is 2.98. The standard InChI is InChI=1S/C16H21NO6/c1-9(18)17-12-13(19)16(20-2)22-11-8-21-15(23-14(11)12)10-6-4-3-5-7-10/h3-7,11-16,19H,8H2,1-2H3,(H,17,18)/t11-,12-,13+,14-,15+,16+/m0/s1. The van der Waals surface area contributed by atoms with Gasteiger partial charge in [-0.1, -0.05) is 30.3 Å². The molecule has 2 fully saturated rings. The molecule has 7 nitrogen and oxygen atoms in total. The van der Waals surface area contributed by atoms with Crippen LogP contribution in [0.25, 0.3) is 0 Å². The normalized spacial score (nSPS) is 37.0. The lowest BCUT2D eigenvalue weighted by atomic mass is 9.95. The van der Waals surface area contributed by atoms with E-state index < -0.39 is 36.9 Å².